The lowest BCUT2D eigenvalue weighted by molar-refractivity contribution is -0.0166. The van der Waals surface area contributed by atoms with Gasteiger partial charge < -0.3 is 14.8 Å². The van der Waals surface area contributed by atoms with E-state index in [-0.39, 0.29) is 24.8 Å². The Hall–Kier alpha value is -4.12. The van der Waals surface area contributed by atoms with Crippen molar-refractivity contribution in [1.82, 2.24) is 10.2 Å². The molecule has 4 aromatic rings. The molecule has 7 nitrogen and oxygen atoms in total. The lowest BCUT2D eigenvalue weighted by Crippen LogP contribution is -2.32. The number of benzene rings is 3. The lowest BCUT2D eigenvalue weighted by Gasteiger charge is -2.27. The Kier molecular flexibility index (Phi) is 7.92. The summed E-state index contributed by atoms with van der Waals surface area (Å²) in [5.41, 5.74) is 4.37. The number of aromatic amines is 1. The first-order valence-corrected chi connectivity index (χ1v) is 12.1. The van der Waals surface area contributed by atoms with Crippen LogP contribution in [0.5, 0.6) is 0 Å². The second-order valence-corrected chi connectivity index (χ2v) is 9.72. The number of nitrogens with zero attached hydrogens (tertiary/aromatic N) is 2. The molecular weight excluding hydrogens is 464 g/mol. The third kappa shape index (κ3) is 6.00. The van der Waals surface area contributed by atoms with E-state index in [4.69, 9.17) is 9.47 Å². The fourth-order valence-electron chi connectivity index (χ4n) is 4.03. The number of methoxy groups -OCH3 is 1. The molecule has 7 heteroatoms. The number of amides is 2. The fourth-order valence-corrected chi connectivity index (χ4v) is 4.03. The van der Waals surface area contributed by atoms with Crippen LogP contribution in [0, 0.1) is 18.8 Å². The van der Waals surface area contributed by atoms with Crippen LogP contribution in [0.1, 0.15) is 37.5 Å². The Morgan fingerprint density at radius 1 is 1.08 bits per heavy atom. The largest absolute Gasteiger partial charge is 0.359 e. The van der Waals surface area contributed by atoms with Crippen molar-refractivity contribution in [2.24, 2.45) is 0 Å². The number of aromatic nitrogens is 2. The van der Waals surface area contributed by atoms with Crippen LogP contribution in [0.3, 0.4) is 0 Å². The van der Waals surface area contributed by atoms with E-state index in [1.807, 2.05) is 49.4 Å². The normalized spacial score (nSPS) is 11.2. The second-order valence-electron chi connectivity index (χ2n) is 9.72. The van der Waals surface area contributed by atoms with Gasteiger partial charge in [-0.2, -0.15) is 5.10 Å². The van der Waals surface area contributed by atoms with E-state index in [2.05, 4.69) is 60.3 Å². The highest BCUT2D eigenvalue weighted by atomic mass is 16.7. The molecule has 0 fully saturated rings. The van der Waals surface area contributed by atoms with E-state index < -0.39 is 0 Å². The molecule has 4 rings (SSSR count). The van der Waals surface area contributed by atoms with Crippen molar-refractivity contribution >= 4 is 34.0 Å². The zero-order valence-electron chi connectivity index (χ0n) is 21.9. The number of carbonyl (C=O) groups excluding carboxylic acids is 1. The molecule has 0 radical (unpaired) electrons. The topological polar surface area (TPSA) is 79.5 Å². The number of fused-ring (bicyclic) bond motifs is 1. The molecule has 190 valence electrons. The van der Waals surface area contributed by atoms with Gasteiger partial charge in [0.15, 0.2) is 0 Å². The average molecular weight is 497 g/mol. The predicted octanol–water partition coefficient (Wildman–Crippen LogP) is 6.51. The highest BCUT2D eigenvalue weighted by Crippen LogP contribution is 2.34. The quantitative estimate of drug-likeness (QED) is 0.181. The van der Waals surface area contributed by atoms with Gasteiger partial charge in [0.25, 0.3) is 0 Å². The van der Waals surface area contributed by atoms with Gasteiger partial charge in [-0.1, -0.05) is 69.0 Å². The summed E-state index contributed by atoms with van der Waals surface area (Å²) in [7, 11) is 1.57. The van der Waals surface area contributed by atoms with Crippen molar-refractivity contribution in [2.45, 2.75) is 33.1 Å². The summed E-state index contributed by atoms with van der Waals surface area (Å²) in [5.74, 6) is 6.75. The first-order chi connectivity index (χ1) is 17.8. The van der Waals surface area contributed by atoms with Crippen molar-refractivity contribution in [3.05, 3.63) is 83.6 Å². The third-order valence-electron chi connectivity index (χ3n) is 6.01. The van der Waals surface area contributed by atoms with E-state index >= 15 is 0 Å². The van der Waals surface area contributed by atoms with Gasteiger partial charge in [0.1, 0.15) is 19.2 Å². The molecule has 0 aliphatic carbocycles. The van der Waals surface area contributed by atoms with Crippen molar-refractivity contribution < 1.29 is 14.3 Å². The van der Waals surface area contributed by atoms with Crippen LogP contribution >= 0.6 is 0 Å². The number of urea groups is 1. The van der Waals surface area contributed by atoms with Gasteiger partial charge in [0, 0.05) is 24.1 Å². The van der Waals surface area contributed by atoms with Crippen LogP contribution in [-0.4, -0.2) is 36.7 Å². The van der Waals surface area contributed by atoms with Gasteiger partial charge in [0.2, 0.25) is 0 Å². The molecule has 3 aromatic carbocycles. The highest BCUT2D eigenvalue weighted by molar-refractivity contribution is 6.11. The Labute approximate surface area is 217 Å². The van der Waals surface area contributed by atoms with Crippen LogP contribution in [-0.2, 0) is 14.9 Å². The molecule has 0 unspecified atom stereocenters. The van der Waals surface area contributed by atoms with Gasteiger partial charge in [-0.25, -0.2) is 9.69 Å². The minimum atomic E-state index is -0.296. The van der Waals surface area contributed by atoms with Crippen molar-refractivity contribution in [2.75, 3.05) is 30.7 Å². The molecule has 2 amide bonds. The molecule has 0 saturated heterocycles. The van der Waals surface area contributed by atoms with Crippen molar-refractivity contribution in [3.63, 3.8) is 0 Å². The van der Waals surface area contributed by atoms with Gasteiger partial charge in [-0.15, -0.1) is 0 Å². The van der Waals surface area contributed by atoms with E-state index in [1.54, 1.807) is 24.3 Å². The number of hydrogen-bond acceptors (Lipinski definition) is 4. The summed E-state index contributed by atoms with van der Waals surface area (Å²) in [4.78, 5) is 15.5. The molecule has 0 bridgehead atoms. The first kappa shape index (κ1) is 26.0. The molecular formula is C30H32N4O3. The number of carbonyl (C=O) groups is 1. The lowest BCUT2D eigenvalue weighted by atomic mass is 9.86. The number of rotatable bonds is 6. The third-order valence-corrected chi connectivity index (χ3v) is 6.01. The number of ether oxygens (including phenoxy) is 2. The molecule has 0 saturated carbocycles. The Morgan fingerprint density at radius 2 is 1.86 bits per heavy atom. The predicted molar refractivity (Wildman–Crippen MR) is 148 cm³/mol. The second kappa shape index (κ2) is 11.3. The van der Waals surface area contributed by atoms with Crippen LogP contribution < -0.4 is 10.2 Å². The van der Waals surface area contributed by atoms with Crippen LogP contribution in [0.25, 0.3) is 10.8 Å². The Morgan fingerprint density at radius 3 is 2.57 bits per heavy atom. The summed E-state index contributed by atoms with van der Waals surface area (Å²) in [6.07, 6.45) is 1.64. The Bertz CT molecular complexity index is 1440. The van der Waals surface area contributed by atoms with Crippen molar-refractivity contribution in [1.29, 1.82) is 0 Å². The van der Waals surface area contributed by atoms with Gasteiger partial charge in [0.05, 0.1) is 17.6 Å². The van der Waals surface area contributed by atoms with Gasteiger partial charge in [-0.3, -0.25) is 5.10 Å². The van der Waals surface area contributed by atoms with Crippen LogP contribution in [0.15, 0.2) is 66.9 Å². The number of aryl methyl sites for hydroxylation is 1. The Balaban J connectivity index is 1.70. The summed E-state index contributed by atoms with van der Waals surface area (Å²) in [6.45, 7) is 8.93. The molecule has 0 atom stereocenters. The SMILES string of the molecule is COCOCC#Cc1ccc(NC(=O)N(c2ccn[nH]2)c2cc(C(C)(C)C)ccc2C)c2ccccc12. The van der Waals surface area contributed by atoms with Crippen LogP contribution in [0.4, 0.5) is 22.0 Å². The van der Waals surface area contributed by atoms with E-state index in [0.29, 0.717) is 11.5 Å². The van der Waals surface area contributed by atoms with Crippen LogP contribution in [0.2, 0.25) is 0 Å². The maximum Gasteiger partial charge on any atom is 0.332 e. The molecule has 37 heavy (non-hydrogen) atoms. The molecule has 1 aromatic heterocycles. The standard InChI is InChI=1S/C30H32N4O3/c1-21-12-14-23(30(2,3)4)19-27(21)34(28-16-17-31-33-28)29(35)32-26-15-13-22(9-8-18-37-20-36-5)24-10-6-7-11-25(24)26/h6-7,10-17,19H,18,20H2,1-5H3,(H,31,33)(H,32,35). The average Bonchev–Trinajstić information content (AvgIpc) is 3.40. The highest BCUT2D eigenvalue weighted by Gasteiger charge is 2.24. The van der Waals surface area contributed by atoms with E-state index in [0.717, 1.165) is 33.2 Å². The first-order valence-electron chi connectivity index (χ1n) is 12.1. The van der Waals surface area contributed by atoms with Gasteiger partial charge in [-0.05, 0) is 47.1 Å². The summed E-state index contributed by atoms with van der Waals surface area (Å²) >= 11 is 0. The monoisotopic (exact) mass is 496 g/mol. The van der Waals surface area contributed by atoms with E-state index in [1.165, 1.54) is 0 Å². The molecule has 1 heterocycles. The maximum absolute atomic E-state index is 13.8. The van der Waals surface area contributed by atoms with Crippen molar-refractivity contribution in [3.8, 4) is 11.8 Å². The number of hydrogen-bond donors (Lipinski definition) is 2. The minimum Gasteiger partial charge on any atom is -0.359 e. The molecule has 2 N–H and O–H groups in total. The van der Waals surface area contributed by atoms with E-state index in [9.17, 15) is 4.79 Å². The number of nitrogens with one attached hydrogen (secondary N) is 2. The molecule has 0 aliphatic heterocycles. The summed E-state index contributed by atoms with van der Waals surface area (Å²) < 4.78 is 10.2. The zero-order chi connectivity index (χ0) is 26.4. The maximum atomic E-state index is 13.8. The molecule has 0 aliphatic rings. The molecule has 0 spiro atoms. The fraction of sp³-hybridized carbons (Fsp3) is 0.267. The summed E-state index contributed by atoms with van der Waals surface area (Å²) in [6, 6.07) is 19.4. The number of anilines is 3. The van der Waals surface area contributed by atoms with Gasteiger partial charge >= 0.3 is 6.03 Å². The summed E-state index contributed by atoms with van der Waals surface area (Å²) in [5, 5.41) is 12.0. The minimum absolute atomic E-state index is 0.0692. The number of H-pyrrole nitrogens is 1. The smallest absolute Gasteiger partial charge is 0.332 e. The zero-order valence-corrected chi connectivity index (χ0v) is 21.9.